The van der Waals surface area contributed by atoms with E-state index >= 15 is 0 Å². The highest BCUT2D eigenvalue weighted by molar-refractivity contribution is 6.06. The molecule has 0 radical (unpaired) electrons. The molecule has 0 saturated heterocycles. The van der Waals surface area contributed by atoms with Crippen LogP contribution in [0.2, 0.25) is 0 Å². The molecule has 0 aliphatic heterocycles. The van der Waals surface area contributed by atoms with Gasteiger partial charge in [0.1, 0.15) is 0 Å². The zero-order valence-electron chi connectivity index (χ0n) is 30.7. The molecule has 9 aromatic carbocycles. The molecule has 0 unspecified atom stereocenters. The van der Waals surface area contributed by atoms with Gasteiger partial charge < -0.3 is 4.90 Å². The lowest BCUT2D eigenvalue weighted by Gasteiger charge is -2.35. The normalized spacial score (nSPS) is 12.6. The van der Waals surface area contributed by atoms with Crippen molar-refractivity contribution in [3.8, 4) is 33.4 Å². The SMILES string of the molecule is Cc1cccc2c1-c1ccc(N(c3ccccc3-c3ccccc3)c3ccc4ccccc4c3-c3ccccc3)cc1C2(c1ccccc1)c1ccccc1. The monoisotopic (exact) mass is 701 g/mol. The van der Waals surface area contributed by atoms with Crippen molar-refractivity contribution in [3.05, 3.63) is 246 Å². The van der Waals surface area contributed by atoms with E-state index in [1.54, 1.807) is 0 Å². The van der Waals surface area contributed by atoms with E-state index in [1.165, 1.54) is 72.0 Å². The first-order valence-electron chi connectivity index (χ1n) is 19.1. The number of hydrogen-bond acceptors (Lipinski definition) is 1. The summed E-state index contributed by atoms with van der Waals surface area (Å²) in [4.78, 5) is 2.51. The van der Waals surface area contributed by atoms with Crippen LogP contribution in [0.25, 0.3) is 44.2 Å². The predicted molar refractivity (Wildman–Crippen MR) is 232 cm³/mol. The summed E-state index contributed by atoms with van der Waals surface area (Å²) in [6.45, 7) is 2.26. The largest absolute Gasteiger partial charge is 0.309 e. The second-order valence-electron chi connectivity index (χ2n) is 14.5. The van der Waals surface area contributed by atoms with Crippen LogP contribution in [0.4, 0.5) is 17.1 Å². The third-order valence-corrected chi connectivity index (χ3v) is 11.5. The minimum absolute atomic E-state index is 0.522. The zero-order chi connectivity index (χ0) is 36.8. The first-order valence-corrected chi connectivity index (χ1v) is 19.1. The van der Waals surface area contributed by atoms with Crippen molar-refractivity contribution in [1.29, 1.82) is 0 Å². The molecule has 0 amide bonds. The molecule has 0 aromatic heterocycles. The number of rotatable bonds is 7. The molecule has 260 valence electrons. The fraction of sp³-hybridized carbons (Fsp3) is 0.0370. The lowest BCUT2D eigenvalue weighted by Crippen LogP contribution is -2.28. The minimum Gasteiger partial charge on any atom is -0.309 e. The molecule has 1 aliphatic carbocycles. The Hall–Kier alpha value is -6.96. The number of para-hydroxylation sites is 1. The first kappa shape index (κ1) is 32.7. The highest BCUT2D eigenvalue weighted by atomic mass is 15.1. The van der Waals surface area contributed by atoms with Crippen LogP contribution >= 0.6 is 0 Å². The Labute approximate surface area is 323 Å². The molecule has 1 aliphatic rings. The van der Waals surface area contributed by atoms with Gasteiger partial charge in [-0.1, -0.05) is 194 Å². The molecular weight excluding hydrogens is 663 g/mol. The fourth-order valence-electron chi connectivity index (χ4n) is 9.14. The maximum absolute atomic E-state index is 2.51. The van der Waals surface area contributed by atoms with Crippen LogP contribution in [-0.2, 0) is 5.41 Å². The molecule has 0 spiro atoms. The number of fused-ring (bicyclic) bond motifs is 4. The molecule has 1 heteroatoms. The summed E-state index contributed by atoms with van der Waals surface area (Å²) < 4.78 is 0. The summed E-state index contributed by atoms with van der Waals surface area (Å²) in [6, 6.07) is 80.1. The molecular formula is C54H39N. The number of anilines is 3. The number of hydrogen-bond donors (Lipinski definition) is 0. The maximum Gasteiger partial charge on any atom is 0.0714 e. The van der Waals surface area contributed by atoms with Crippen LogP contribution in [0.5, 0.6) is 0 Å². The maximum atomic E-state index is 2.51. The van der Waals surface area contributed by atoms with E-state index < -0.39 is 5.41 Å². The molecule has 0 N–H and O–H groups in total. The fourth-order valence-corrected chi connectivity index (χ4v) is 9.14. The van der Waals surface area contributed by atoms with Gasteiger partial charge in [-0.25, -0.2) is 0 Å². The van der Waals surface area contributed by atoms with Crippen molar-refractivity contribution in [2.45, 2.75) is 12.3 Å². The Balaban J connectivity index is 1.33. The number of aryl methyl sites for hydroxylation is 1. The topological polar surface area (TPSA) is 3.24 Å². The summed E-state index contributed by atoms with van der Waals surface area (Å²) in [5.41, 5.74) is 16.6. The van der Waals surface area contributed by atoms with Crippen LogP contribution in [0.15, 0.2) is 218 Å². The standard InChI is InChI=1S/C54H39N/c1-38-19-18-31-48-52(38)47-35-34-44(37-49(47)54(48,42-25-10-4-11-26-42)43-27-12-5-13-28-43)55(50-32-17-16-29-45(50)39-20-6-2-7-21-39)51-36-33-40-22-14-15-30-46(40)53(51)41-23-8-3-9-24-41/h2-37H,1H3. The van der Waals surface area contributed by atoms with Gasteiger partial charge in [0.25, 0.3) is 0 Å². The van der Waals surface area contributed by atoms with Crippen molar-refractivity contribution in [2.24, 2.45) is 0 Å². The van der Waals surface area contributed by atoms with E-state index in [9.17, 15) is 0 Å². The smallest absolute Gasteiger partial charge is 0.0714 e. The first-order chi connectivity index (χ1) is 27.2. The van der Waals surface area contributed by atoms with Gasteiger partial charge in [-0.15, -0.1) is 0 Å². The highest BCUT2D eigenvalue weighted by Crippen LogP contribution is 2.58. The van der Waals surface area contributed by atoms with E-state index in [4.69, 9.17) is 0 Å². The van der Waals surface area contributed by atoms with Crippen molar-refractivity contribution in [2.75, 3.05) is 4.90 Å². The number of nitrogens with zero attached hydrogens (tertiary/aromatic N) is 1. The van der Waals surface area contributed by atoms with Crippen LogP contribution < -0.4 is 4.90 Å². The van der Waals surface area contributed by atoms with E-state index in [2.05, 4.69) is 230 Å². The molecule has 9 aromatic rings. The van der Waals surface area contributed by atoms with Crippen LogP contribution in [0, 0.1) is 6.92 Å². The third kappa shape index (κ3) is 5.23. The van der Waals surface area contributed by atoms with Gasteiger partial charge >= 0.3 is 0 Å². The van der Waals surface area contributed by atoms with Gasteiger partial charge in [-0.05, 0) is 92.0 Å². The van der Waals surface area contributed by atoms with E-state index in [0.717, 1.165) is 17.1 Å². The Morgan fingerprint density at radius 3 is 1.69 bits per heavy atom. The van der Waals surface area contributed by atoms with Crippen LogP contribution in [-0.4, -0.2) is 0 Å². The molecule has 0 atom stereocenters. The molecule has 10 rings (SSSR count). The van der Waals surface area contributed by atoms with E-state index in [0.29, 0.717) is 0 Å². The summed E-state index contributed by atoms with van der Waals surface area (Å²) in [6.07, 6.45) is 0. The predicted octanol–water partition coefficient (Wildman–Crippen LogP) is 14.3. The second-order valence-corrected chi connectivity index (χ2v) is 14.5. The van der Waals surface area contributed by atoms with Crippen LogP contribution in [0.1, 0.15) is 27.8 Å². The van der Waals surface area contributed by atoms with Gasteiger partial charge in [-0.2, -0.15) is 0 Å². The summed E-state index contributed by atoms with van der Waals surface area (Å²) in [7, 11) is 0. The molecule has 0 fully saturated rings. The quantitative estimate of drug-likeness (QED) is 0.160. The lowest BCUT2D eigenvalue weighted by atomic mass is 9.67. The third-order valence-electron chi connectivity index (χ3n) is 11.5. The molecule has 1 nitrogen and oxygen atoms in total. The van der Waals surface area contributed by atoms with Gasteiger partial charge in [0.05, 0.1) is 16.8 Å². The highest BCUT2D eigenvalue weighted by Gasteiger charge is 2.47. The molecule has 0 saturated carbocycles. The van der Waals surface area contributed by atoms with Crippen molar-refractivity contribution < 1.29 is 0 Å². The Kier molecular flexibility index (Phi) is 8.00. The average molecular weight is 702 g/mol. The Bertz CT molecular complexity index is 2770. The molecule has 0 bridgehead atoms. The average Bonchev–Trinajstić information content (AvgIpc) is 3.56. The lowest BCUT2D eigenvalue weighted by molar-refractivity contribution is 0.768. The number of benzene rings is 9. The van der Waals surface area contributed by atoms with E-state index in [1.807, 2.05) is 0 Å². The van der Waals surface area contributed by atoms with Gasteiger partial charge in [0, 0.05) is 16.8 Å². The van der Waals surface area contributed by atoms with Crippen molar-refractivity contribution in [1.82, 2.24) is 0 Å². The summed E-state index contributed by atoms with van der Waals surface area (Å²) in [5, 5.41) is 2.44. The van der Waals surface area contributed by atoms with Crippen molar-refractivity contribution >= 4 is 27.8 Å². The van der Waals surface area contributed by atoms with Gasteiger partial charge in [0.15, 0.2) is 0 Å². The van der Waals surface area contributed by atoms with Gasteiger partial charge in [0.2, 0.25) is 0 Å². The second kappa shape index (κ2) is 13.5. The summed E-state index contributed by atoms with van der Waals surface area (Å²) >= 11 is 0. The zero-order valence-corrected chi connectivity index (χ0v) is 30.7. The Morgan fingerprint density at radius 2 is 0.982 bits per heavy atom. The van der Waals surface area contributed by atoms with Crippen LogP contribution in [0.3, 0.4) is 0 Å². The molecule has 0 heterocycles. The van der Waals surface area contributed by atoms with Crippen molar-refractivity contribution in [3.63, 3.8) is 0 Å². The Morgan fingerprint density at radius 1 is 0.382 bits per heavy atom. The van der Waals surface area contributed by atoms with Gasteiger partial charge in [-0.3, -0.25) is 0 Å². The molecule has 55 heavy (non-hydrogen) atoms. The summed E-state index contributed by atoms with van der Waals surface area (Å²) in [5.74, 6) is 0. The van der Waals surface area contributed by atoms with E-state index in [-0.39, 0.29) is 0 Å². The minimum atomic E-state index is -0.522.